The van der Waals surface area contributed by atoms with Crippen LogP contribution in [0.2, 0.25) is 0 Å². The van der Waals surface area contributed by atoms with E-state index in [1.807, 2.05) is 6.92 Å². The minimum atomic E-state index is -0.426. The fourth-order valence-electron chi connectivity index (χ4n) is 2.35. The van der Waals surface area contributed by atoms with Gasteiger partial charge in [0.15, 0.2) is 0 Å². The fraction of sp³-hybridized carbons (Fsp3) is 0.933. The minimum absolute atomic E-state index is 0.0572. The molecular weight excluding hydrogens is 272 g/mol. The summed E-state index contributed by atoms with van der Waals surface area (Å²) in [7, 11) is 1.77. The highest BCUT2D eigenvalue weighted by Gasteiger charge is 2.18. The molecule has 21 heavy (non-hydrogen) atoms. The summed E-state index contributed by atoms with van der Waals surface area (Å²) >= 11 is 0. The van der Waals surface area contributed by atoms with Gasteiger partial charge in [0.25, 0.3) is 0 Å². The Balaban J connectivity index is 2.04. The summed E-state index contributed by atoms with van der Waals surface area (Å²) in [6, 6.07) is 0. The maximum atomic E-state index is 11.8. The first kappa shape index (κ1) is 18.4. The summed E-state index contributed by atoms with van der Waals surface area (Å²) in [5.74, 6) is -0.0572. The number of nitrogens with one attached hydrogen (secondary N) is 1. The zero-order valence-corrected chi connectivity index (χ0v) is 13.6. The van der Waals surface area contributed by atoms with Crippen LogP contribution in [0, 0.1) is 0 Å². The minimum Gasteiger partial charge on any atom is -0.381 e. The quantitative estimate of drug-likeness (QED) is 0.601. The van der Waals surface area contributed by atoms with E-state index in [0.717, 1.165) is 32.5 Å². The molecule has 1 saturated heterocycles. The van der Waals surface area contributed by atoms with Gasteiger partial charge in [0, 0.05) is 39.9 Å². The maximum Gasteiger partial charge on any atom is 0.248 e. The second-order valence-electron chi connectivity index (χ2n) is 5.28. The predicted molar refractivity (Wildman–Crippen MR) is 81.4 cm³/mol. The average Bonchev–Trinajstić information content (AvgIpc) is 2.52. The highest BCUT2D eigenvalue weighted by Crippen LogP contribution is 2.11. The number of nitrogens with zero attached hydrogens (tertiary/aromatic N) is 1. The van der Waals surface area contributed by atoms with E-state index in [4.69, 9.17) is 14.2 Å². The maximum absolute atomic E-state index is 11.8. The van der Waals surface area contributed by atoms with Gasteiger partial charge in [0.05, 0.1) is 19.3 Å². The first-order chi connectivity index (χ1) is 10.2. The van der Waals surface area contributed by atoms with Crippen LogP contribution >= 0.6 is 0 Å². The molecule has 6 nitrogen and oxygen atoms in total. The molecular formula is C15H30N2O4. The van der Waals surface area contributed by atoms with Gasteiger partial charge in [-0.3, -0.25) is 4.79 Å². The van der Waals surface area contributed by atoms with Crippen molar-refractivity contribution in [2.75, 3.05) is 53.1 Å². The molecule has 0 saturated carbocycles. The van der Waals surface area contributed by atoms with Gasteiger partial charge >= 0.3 is 0 Å². The Morgan fingerprint density at radius 2 is 2.05 bits per heavy atom. The molecule has 0 bridgehead atoms. The molecule has 1 heterocycles. The number of carbonyl (C=O) groups excluding carboxylic acids is 1. The molecule has 0 unspecified atom stereocenters. The summed E-state index contributed by atoms with van der Waals surface area (Å²) in [6.07, 6.45) is 2.11. The molecule has 1 rings (SSSR count). The molecule has 1 atom stereocenters. The molecule has 0 aromatic heterocycles. The highest BCUT2D eigenvalue weighted by atomic mass is 16.5. The number of piperidine rings is 1. The summed E-state index contributed by atoms with van der Waals surface area (Å²) in [6.45, 7) is 8.98. The molecule has 1 fully saturated rings. The largest absolute Gasteiger partial charge is 0.381 e. The van der Waals surface area contributed by atoms with E-state index in [1.54, 1.807) is 14.0 Å². The Kier molecular flexibility index (Phi) is 9.58. The van der Waals surface area contributed by atoms with E-state index in [2.05, 4.69) is 10.2 Å². The van der Waals surface area contributed by atoms with Crippen LogP contribution in [-0.2, 0) is 19.0 Å². The highest BCUT2D eigenvalue weighted by molar-refractivity contribution is 5.80. The standard InChI is InChI=1S/C15H30N2O4/c1-4-20-11-12-21-13(2)15(18)16-7-10-17-8-5-14(19-3)6-9-17/h13-14H,4-12H2,1-3H3,(H,16,18)/t13-/m0/s1. The van der Waals surface area contributed by atoms with Gasteiger partial charge in [0.2, 0.25) is 5.91 Å². The van der Waals surface area contributed by atoms with Crippen LogP contribution in [0.25, 0.3) is 0 Å². The lowest BCUT2D eigenvalue weighted by Gasteiger charge is -2.31. The smallest absolute Gasteiger partial charge is 0.248 e. The normalized spacial score (nSPS) is 18.6. The van der Waals surface area contributed by atoms with Crippen LogP contribution in [0.15, 0.2) is 0 Å². The molecule has 124 valence electrons. The molecule has 1 aliphatic heterocycles. The third kappa shape index (κ3) is 7.76. The van der Waals surface area contributed by atoms with Crippen molar-refractivity contribution in [1.29, 1.82) is 0 Å². The monoisotopic (exact) mass is 302 g/mol. The van der Waals surface area contributed by atoms with Crippen LogP contribution in [0.3, 0.4) is 0 Å². The Labute approximate surface area is 128 Å². The molecule has 1 aliphatic rings. The van der Waals surface area contributed by atoms with Crippen molar-refractivity contribution >= 4 is 5.91 Å². The van der Waals surface area contributed by atoms with Gasteiger partial charge in [-0.25, -0.2) is 0 Å². The number of carbonyl (C=O) groups is 1. The molecule has 0 aromatic rings. The molecule has 0 aromatic carbocycles. The summed E-state index contributed by atoms with van der Waals surface area (Å²) < 4.78 is 15.9. The van der Waals surface area contributed by atoms with E-state index in [9.17, 15) is 4.79 Å². The van der Waals surface area contributed by atoms with Crippen LogP contribution in [-0.4, -0.2) is 76.1 Å². The third-order valence-electron chi connectivity index (χ3n) is 3.76. The molecule has 0 aliphatic carbocycles. The van der Waals surface area contributed by atoms with Crippen molar-refractivity contribution in [2.45, 2.75) is 38.9 Å². The van der Waals surface area contributed by atoms with Gasteiger partial charge < -0.3 is 24.4 Å². The number of methoxy groups -OCH3 is 1. The van der Waals surface area contributed by atoms with Crippen LogP contribution in [0.5, 0.6) is 0 Å². The van der Waals surface area contributed by atoms with E-state index in [0.29, 0.717) is 32.5 Å². The first-order valence-electron chi connectivity index (χ1n) is 7.89. The van der Waals surface area contributed by atoms with E-state index < -0.39 is 6.10 Å². The Morgan fingerprint density at radius 1 is 1.33 bits per heavy atom. The SMILES string of the molecule is CCOCCO[C@@H](C)C(=O)NCCN1CCC(OC)CC1. The number of hydrogen-bond acceptors (Lipinski definition) is 5. The van der Waals surface area contributed by atoms with E-state index in [1.165, 1.54) is 0 Å². The Bertz CT molecular complexity index is 281. The van der Waals surface area contributed by atoms with Crippen molar-refractivity contribution in [2.24, 2.45) is 0 Å². The molecule has 1 amide bonds. The Morgan fingerprint density at radius 3 is 2.67 bits per heavy atom. The van der Waals surface area contributed by atoms with Crippen molar-refractivity contribution in [3.8, 4) is 0 Å². The van der Waals surface area contributed by atoms with Gasteiger partial charge in [-0.2, -0.15) is 0 Å². The van der Waals surface area contributed by atoms with Gasteiger partial charge in [-0.15, -0.1) is 0 Å². The number of likely N-dealkylation sites (tertiary alicyclic amines) is 1. The predicted octanol–water partition coefficient (Wildman–Crippen LogP) is 0.655. The topological polar surface area (TPSA) is 60.0 Å². The van der Waals surface area contributed by atoms with Crippen LogP contribution < -0.4 is 5.32 Å². The third-order valence-corrected chi connectivity index (χ3v) is 3.76. The number of rotatable bonds is 10. The van der Waals surface area contributed by atoms with Crippen LogP contribution in [0.4, 0.5) is 0 Å². The second kappa shape index (κ2) is 11.0. The molecule has 0 radical (unpaired) electrons. The van der Waals surface area contributed by atoms with Crippen molar-refractivity contribution in [1.82, 2.24) is 10.2 Å². The lowest BCUT2D eigenvalue weighted by Crippen LogP contribution is -2.43. The van der Waals surface area contributed by atoms with E-state index >= 15 is 0 Å². The van der Waals surface area contributed by atoms with Crippen molar-refractivity contribution in [3.05, 3.63) is 0 Å². The lowest BCUT2D eigenvalue weighted by molar-refractivity contribution is -0.132. The first-order valence-corrected chi connectivity index (χ1v) is 7.89. The number of amides is 1. The summed E-state index contributed by atoms with van der Waals surface area (Å²) in [5, 5.41) is 2.92. The molecule has 1 N–H and O–H groups in total. The number of hydrogen-bond donors (Lipinski definition) is 1. The van der Waals surface area contributed by atoms with Gasteiger partial charge in [-0.1, -0.05) is 0 Å². The zero-order valence-electron chi connectivity index (χ0n) is 13.6. The van der Waals surface area contributed by atoms with Crippen molar-refractivity contribution in [3.63, 3.8) is 0 Å². The van der Waals surface area contributed by atoms with Gasteiger partial charge in [0.1, 0.15) is 6.10 Å². The second-order valence-corrected chi connectivity index (χ2v) is 5.28. The summed E-state index contributed by atoms with van der Waals surface area (Å²) in [4.78, 5) is 14.2. The molecule has 6 heteroatoms. The zero-order chi connectivity index (χ0) is 15.5. The Hall–Kier alpha value is -0.690. The lowest BCUT2D eigenvalue weighted by atomic mass is 10.1. The molecule has 0 spiro atoms. The summed E-state index contributed by atoms with van der Waals surface area (Å²) in [5.41, 5.74) is 0. The fourth-order valence-corrected chi connectivity index (χ4v) is 2.35. The van der Waals surface area contributed by atoms with Gasteiger partial charge in [-0.05, 0) is 26.7 Å². The van der Waals surface area contributed by atoms with Crippen molar-refractivity contribution < 1.29 is 19.0 Å². The van der Waals surface area contributed by atoms with E-state index in [-0.39, 0.29) is 5.91 Å². The number of ether oxygens (including phenoxy) is 3. The van der Waals surface area contributed by atoms with Crippen LogP contribution in [0.1, 0.15) is 26.7 Å². The average molecular weight is 302 g/mol.